The van der Waals surface area contributed by atoms with E-state index in [0.717, 1.165) is 38.5 Å². The van der Waals surface area contributed by atoms with Crippen LogP contribution in [0.1, 0.15) is 386 Å². The van der Waals surface area contributed by atoms with Crippen LogP contribution in [-0.2, 0) is 14.3 Å². The summed E-state index contributed by atoms with van der Waals surface area (Å²) < 4.78 is 11.2. The van der Waals surface area contributed by atoms with E-state index in [-0.39, 0.29) is 12.8 Å². The molecule has 526 valence electrons. The zero-order valence-electron chi connectivity index (χ0n) is 58.4. The molecule has 11 heteroatoms. The molecule has 0 radical (unpaired) electrons. The number of ether oxygens (including phenoxy) is 2. The molecule has 1 rings (SSSR count). The number of nitrogens with one attached hydrogen (secondary N) is 1. The predicted octanol–water partition coefficient (Wildman–Crippen LogP) is 19.7. The van der Waals surface area contributed by atoms with Crippen molar-refractivity contribution in [2.45, 2.75) is 441 Å². The second-order valence-electron chi connectivity index (χ2n) is 27.4. The second kappa shape index (κ2) is 66.4. The lowest BCUT2D eigenvalue weighted by Gasteiger charge is -2.40. The first-order valence-corrected chi connectivity index (χ1v) is 38.9. The largest absolute Gasteiger partial charge is 0.394 e. The first kappa shape index (κ1) is 85.3. The van der Waals surface area contributed by atoms with Gasteiger partial charge in [0, 0.05) is 0 Å². The zero-order valence-corrected chi connectivity index (χ0v) is 58.4. The Hall–Kier alpha value is -1.67. The molecule has 0 aromatic carbocycles. The zero-order chi connectivity index (χ0) is 64.6. The van der Waals surface area contributed by atoms with Crippen LogP contribution >= 0.6 is 0 Å². The monoisotopic (exact) mass is 1260 g/mol. The Bertz CT molecular complexity index is 1540. The number of hydrogen-bond donors (Lipinski definition) is 8. The first-order valence-electron chi connectivity index (χ1n) is 38.9. The molecule has 1 aliphatic rings. The third-order valence-corrected chi connectivity index (χ3v) is 18.9. The summed E-state index contributed by atoms with van der Waals surface area (Å²) in [5.41, 5.74) is 0. The van der Waals surface area contributed by atoms with Crippen LogP contribution in [0.15, 0.2) is 36.5 Å². The minimum atomic E-state index is -1.67. The van der Waals surface area contributed by atoms with Crippen LogP contribution in [0.2, 0.25) is 0 Å². The maximum absolute atomic E-state index is 13.3. The molecular formula is C78H149NO10. The van der Waals surface area contributed by atoms with E-state index in [1.54, 1.807) is 0 Å². The van der Waals surface area contributed by atoms with Crippen molar-refractivity contribution in [3.05, 3.63) is 36.5 Å². The molecule has 0 bridgehead atoms. The molecule has 1 heterocycles. The fourth-order valence-corrected chi connectivity index (χ4v) is 12.7. The molecule has 0 aliphatic carbocycles. The van der Waals surface area contributed by atoms with Crippen molar-refractivity contribution in [2.24, 2.45) is 0 Å². The van der Waals surface area contributed by atoms with Gasteiger partial charge in [0.2, 0.25) is 5.91 Å². The average Bonchev–Trinajstić information content (AvgIpc) is 3.68. The second-order valence-corrected chi connectivity index (χ2v) is 27.4. The van der Waals surface area contributed by atoms with E-state index in [1.165, 1.54) is 302 Å². The molecule has 8 N–H and O–H groups in total. The number of carbonyl (C=O) groups is 1. The maximum atomic E-state index is 13.3. The highest BCUT2D eigenvalue weighted by Crippen LogP contribution is 2.24. The normalized spacial score (nSPS) is 18.7. The highest BCUT2D eigenvalue weighted by Gasteiger charge is 2.44. The van der Waals surface area contributed by atoms with Gasteiger partial charge in [-0.25, -0.2) is 0 Å². The first-order chi connectivity index (χ1) is 43.7. The summed E-state index contributed by atoms with van der Waals surface area (Å²) in [6, 6.07) is -1.19. The highest BCUT2D eigenvalue weighted by atomic mass is 16.7. The number of hydrogen-bond acceptors (Lipinski definition) is 10. The van der Waals surface area contributed by atoms with Crippen molar-refractivity contribution in [1.29, 1.82) is 0 Å². The van der Waals surface area contributed by atoms with Crippen molar-refractivity contribution in [1.82, 2.24) is 5.32 Å². The van der Waals surface area contributed by atoms with Gasteiger partial charge >= 0.3 is 0 Å². The Balaban J connectivity index is 2.17. The van der Waals surface area contributed by atoms with E-state index in [1.807, 2.05) is 0 Å². The number of aliphatic hydroxyl groups excluding tert-OH is 7. The lowest BCUT2D eigenvalue weighted by molar-refractivity contribution is -0.303. The van der Waals surface area contributed by atoms with Crippen molar-refractivity contribution in [3.63, 3.8) is 0 Å². The van der Waals surface area contributed by atoms with Gasteiger partial charge in [-0.05, 0) is 77.0 Å². The number of carbonyl (C=O) groups excluding carboxylic acids is 1. The van der Waals surface area contributed by atoms with Crippen LogP contribution in [-0.4, -0.2) is 110 Å². The molecule has 0 aromatic heterocycles. The van der Waals surface area contributed by atoms with E-state index >= 15 is 0 Å². The number of amides is 1. The molecule has 9 atom stereocenters. The minimum Gasteiger partial charge on any atom is -0.394 e. The number of aliphatic hydroxyl groups is 7. The Kier molecular flexibility index (Phi) is 63.6. The van der Waals surface area contributed by atoms with E-state index < -0.39 is 74.2 Å². The fraction of sp³-hybridized carbons (Fsp3) is 0.910. The molecule has 11 nitrogen and oxygen atoms in total. The summed E-state index contributed by atoms with van der Waals surface area (Å²) in [7, 11) is 0. The third kappa shape index (κ3) is 53.3. The Morgan fingerprint density at radius 1 is 0.382 bits per heavy atom. The molecule has 1 saturated heterocycles. The minimum absolute atomic E-state index is 0.248. The van der Waals surface area contributed by atoms with Crippen LogP contribution in [0.3, 0.4) is 0 Å². The van der Waals surface area contributed by atoms with Crippen LogP contribution in [0.25, 0.3) is 0 Å². The molecule has 1 fully saturated rings. The van der Waals surface area contributed by atoms with Crippen molar-refractivity contribution >= 4 is 5.91 Å². The summed E-state index contributed by atoms with van der Waals surface area (Å²) in [4.78, 5) is 13.3. The molecule has 9 unspecified atom stereocenters. The smallest absolute Gasteiger partial charge is 0.249 e. The van der Waals surface area contributed by atoms with Gasteiger partial charge in [-0.1, -0.05) is 346 Å². The average molecular weight is 1260 g/mol. The van der Waals surface area contributed by atoms with E-state index in [0.29, 0.717) is 19.3 Å². The van der Waals surface area contributed by atoms with Crippen molar-refractivity contribution in [3.8, 4) is 0 Å². The quantitative estimate of drug-likeness (QED) is 0.0215. The summed E-state index contributed by atoms with van der Waals surface area (Å²) >= 11 is 0. The molecule has 0 saturated carbocycles. The van der Waals surface area contributed by atoms with Gasteiger partial charge in [-0.3, -0.25) is 4.79 Å². The van der Waals surface area contributed by atoms with Crippen LogP contribution < -0.4 is 5.32 Å². The number of unbranched alkanes of at least 4 members (excludes halogenated alkanes) is 51. The van der Waals surface area contributed by atoms with Crippen LogP contribution in [0.4, 0.5) is 0 Å². The lowest BCUT2D eigenvalue weighted by Crippen LogP contribution is -2.60. The number of rotatable bonds is 69. The van der Waals surface area contributed by atoms with E-state index in [9.17, 15) is 40.5 Å². The lowest BCUT2D eigenvalue weighted by atomic mass is 9.98. The van der Waals surface area contributed by atoms with Crippen molar-refractivity contribution in [2.75, 3.05) is 13.2 Å². The molecule has 0 spiro atoms. The fourth-order valence-electron chi connectivity index (χ4n) is 12.7. The van der Waals surface area contributed by atoms with Crippen LogP contribution in [0.5, 0.6) is 0 Å². The van der Waals surface area contributed by atoms with Gasteiger partial charge in [0.15, 0.2) is 6.29 Å². The standard InChI is InChI=1S/C78H149NO10/c1-3-5-7-9-11-13-15-17-19-21-23-25-27-29-31-33-35-36-38-40-42-44-46-48-50-52-54-56-58-60-62-64-66-71(82)77(87)79-69(68-88-78-76(86)75(85)74(84)72(67-80)89-78)73(83)70(81)65-63-61-59-57-55-53-51-49-47-45-43-41-39-37-34-32-30-28-26-24-22-20-18-16-14-12-10-8-6-4-2/h29,31,49,51,57,59,69-76,78,80-86H,3-28,30,32-48,50,52-56,58,60-68H2,1-2H3,(H,79,87)/b31-29-,51-49+,59-57+. The maximum Gasteiger partial charge on any atom is 0.249 e. The number of allylic oxidation sites excluding steroid dienone is 6. The van der Waals surface area contributed by atoms with Gasteiger partial charge in [0.05, 0.1) is 25.4 Å². The van der Waals surface area contributed by atoms with E-state index in [4.69, 9.17) is 9.47 Å². The van der Waals surface area contributed by atoms with Crippen molar-refractivity contribution < 1.29 is 50.0 Å². The topological polar surface area (TPSA) is 189 Å². The summed E-state index contributed by atoms with van der Waals surface area (Å²) in [5.74, 6) is -0.704. The highest BCUT2D eigenvalue weighted by molar-refractivity contribution is 5.80. The Morgan fingerprint density at radius 2 is 0.674 bits per heavy atom. The van der Waals surface area contributed by atoms with Crippen LogP contribution in [0, 0.1) is 0 Å². The molecule has 89 heavy (non-hydrogen) atoms. The molecular weight excluding hydrogens is 1110 g/mol. The predicted molar refractivity (Wildman–Crippen MR) is 376 cm³/mol. The van der Waals surface area contributed by atoms with Gasteiger partial charge in [0.25, 0.3) is 0 Å². The van der Waals surface area contributed by atoms with E-state index in [2.05, 4.69) is 55.6 Å². The third-order valence-electron chi connectivity index (χ3n) is 18.9. The SMILES string of the molecule is CCCCCCCCCCCCCC/C=C\CCCCCCCCCCCCCCCCCCC(O)C(=O)NC(COC1OC(CO)C(O)C(O)C1O)C(O)C(O)CCC/C=C/CC/C=C/CCCCCCCCCCCCCCCCCCCCCCC. The summed E-state index contributed by atoms with van der Waals surface area (Å²) in [6.45, 7) is 3.50. The molecule has 0 aromatic rings. The summed E-state index contributed by atoms with van der Waals surface area (Å²) in [6.07, 6.45) is 75.5. The van der Waals surface area contributed by atoms with Gasteiger partial charge < -0.3 is 50.5 Å². The van der Waals surface area contributed by atoms with Gasteiger partial charge in [-0.15, -0.1) is 0 Å². The summed E-state index contributed by atoms with van der Waals surface area (Å²) in [5, 5.41) is 76.6. The Labute approximate surface area is 549 Å². The van der Waals surface area contributed by atoms with Gasteiger partial charge in [0.1, 0.15) is 36.6 Å². The molecule has 1 amide bonds. The molecule has 1 aliphatic heterocycles. The van der Waals surface area contributed by atoms with Gasteiger partial charge in [-0.2, -0.15) is 0 Å². The Morgan fingerprint density at radius 3 is 1.00 bits per heavy atom.